The number of carboxylic acid groups (broad SMARTS) is 1. The van der Waals surface area contributed by atoms with Gasteiger partial charge in [-0.2, -0.15) is 0 Å². The maximum atomic E-state index is 12.6. The predicted molar refractivity (Wildman–Crippen MR) is 126 cm³/mol. The van der Waals surface area contributed by atoms with Gasteiger partial charge in [-0.3, -0.25) is 19.3 Å². The van der Waals surface area contributed by atoms with Crippen LogP contribution in [0.2, 0.25) is 0 Å². The fourth-order valence-electron chi connectivity index (χ4n) is 5.42. The van der Waals surface area contributed by atoms with Crippen LogP contribution in [0.3, 0.4) is 0 Å². The Hall–Kier alpha value is -3.74. The lowest BCUT2D eigenvalue weighted by molar-refractivity contribution is -0.141. The van der Waals surface area contributed by atoms with Crippen LogP contribution in [0, 0.1) is 5.92 Å². The number of fused-ring (bicyclic) bond motifs is 3. The summed E-state index contributed by atoms with van der Waals surface area (Å²) in [6.45, 7) is -0.0111. The number of imide groups is 1. The van der Waals surface area contributed by atoms with Crippen molar-refractivity contribution in [2.24, 2.45) is 11.1 Å². The second kappa shape index (κ2) is 8.89. The van der Waals surface area contributed by atoms with Crippen LogP contribution in [-0.4, -0.2) is 45.3 Å². The van der Waals surface area contributed by atoms with Crippen LogP contribution in [-0.2, 0) is 11.2 Å². The van der Waals surface area contributed by atoms with Crippen LogP contribution in [0.1, 0.15) is 75.9 Å². The smallest absolute Gasteiger partial charge is 0.306 e. The van der Waals surface area contributed by atoms with E-state index in [-0.39, 0.29) is 19.4 Å². The molecular weight excluding hydrogens is 432 g/mol. The molecule has 1 aliphatic heterocycles. The number of carbonyl (C=O) groups is 3. The Balaban J connectivity index is 1.29. The Kier molecular flexibility index (Phi) is 5.77. The highest BCUT2D eigenvalue weighted by Crippen LogP contribution is 2.41. The van der Waals surface area contributed by atoms with Crippen molar-refractivity contribution >= 4 is 29.1 Å². The minimum absolute atomic E-state index is 0.000925. The molecule has 34 heavy (non-hydrogen) atoms. The van der Waals surface area contributed by atoms with Gasteiger partial charge in [0.25, 0.3) is 11.8 Å². The Labute approximate surface area is 197 Å². The van der Waals surface area contributed by atoms with Crippen LogP contribution >= 0.6 is 0 Å². The standard InChI is InChI=1S/C27H26N2O5/c30-25-22-7-3-4-8-23(22)26(31)29(25)12-11-18(27(32)33)15-24(28-34)17-9-10-21-19(14-17)13-16-5-1-2-6-20(16)21/h3-4,7-10,14,18,34H,1-2,5-6,11-13,15H2,(H,32,33)/t18-/m0/s1. The van der Waals surface area contributed by atoms with Gasteiger partial charge in [-0.1, -0.05) is 35.0 Å². The molecule has 174 valence electrons. The second-order valence-corrected chi connectivity index (χ2v) is 9.22. The normalized spacial score (nSPS) is 18.1. The third-order valence-corrected chi connectivity index (χ3v) is 7.24. The van der Waals surface area contributed by atoms with E-state index in [1.165, 1.54) is 35.1 Å². The van der Waals surface area contributed by atoms with E-state index in [4.69, 9.17) is 0 Å². The van der Waals surface area contributed by atoms with Crippen molar-refractivity contribution in [2.75, 3.05) is 6.54 Å². The number of nitrogens with zero attached hydrogens (tertiary/aromatic N) is 2. The molecule has 0 unspecified atom stereocenters. The summed E-state index contributed by atoms with van der Waals surface area (Å²) in [5.41, 5.74) is 7.07. The highest BCUT2D eigenvalue weighted by Gasteiger charge is 2.36. The first-order valence-electron chi connectivity index (χ1n) is 11.7. The molecule has 0 spiro atoms. The molecule has 2 aromatic carbocycles. The van der Waals surface area contributed by atoms with Crippen LogP contribution in [0.5, 0.6) is 0 Å². The summed E-state index contributed by atoms with van der Waals surface area (Å²) < 4.78 is 0. The highest BCUT2D eigenvalue weighted by molar-refractivity contribution is 6.21. The summed E-state index contributed by atoms with van der Waals surface area (Å²) in [6, 6.07) is 12.5. The molecule has 2 aliphatic carbocycles. The lowest BCUT2D eigenvalue weighted by Crippen LogP contribution is -2.33. The topological polar surface area (TPSA) is 107 Å². The van der Waals surface area contributed by atoms with Gasteiger partial charge in [0.2, 0.25) is 0 Å². The molecule has 7 heteroatoms. The molecular formula is C27H26N2O5. The van der Waals surface area contributed by atoms with Gasteiger partial charge in [0.15, 0.2) is 0 Å². The quantitative estimate of drug-likeness (QED) is 0.274. The lowest BCUT2D eigenvalue weighted by atomic mass is 9.91. The number of allylic oxidation sites excluding steroid dienone is 2. The van der Waals surface area contributed by atoms with E-state index >= 15 is 0 Å². The van der Waals surface area contributed by atoms with Crippen molar-refractivity contribution < 1.29 is 24.7 Å². The summed E-state index contributed by atoms with van der Waals surface area (Å²) in [7, 11) is 0. The monoisotopic (exact) mass is 458 g/mol. The van der Waals surface area contributed by atoms with Gasteiger partial charge in [0.1, 0.15) is 0 Å². The summed E-state index contributed by atoms with van der Waals surface area (Å²) >= 11 is 0. The number of hydrogen-bond acceptors (Lipinski definition) is 5. The number of amides is 2. The van der Waals surface area contributed by atoms with Gasteiger partial charge in [-0.15, -0.1) is 0 Å². The van der Waals surface area contributed by atoms with Crippen molar-refractivity contribution in [1.29, 1.82) is 0 Å². The molecule has 2 aromatic rings. The van der Waals surface area contributed by atoms with Crippen LogP contribution in [0.4, 0.5) is 0 Å². The Morgan fingerprint density at radius 2 is 1.71 bits per heavy atom. The third-order valence-electron chi connectivity index (χ3n) is 7.24. The predicted octanol–water partition coefficient (Wildman–Crippen LogP) is 4.53. The summed E-state index contributed by atoms with van der Waals surface area (Å²) in [6.07, 6.45) is 5.62. The Morgan fingerprint density at radius 3 is 2.38 bits per heavy atom. The average molecular weight is 459 g/mol. The van der Waals surface area contributed by atoms with E-state index in [0.29, 0.717) is 22.4 Å². The van der Waals surface area contributed by atoms with Gasteiger partial charge >= 0.3 is 5.97 Å². The number of aliphatic carboxylic acids is 1. The molecule has 0 bridgehead atoms. The van der Waals surface area contributed by atoms with E-state index in [2.05, 4.69) is 11.2 Å². The van der Waals surface area contributed by atoms with Crippen molar-refractivity contribution in [2.45, 2.75) is 44.9 Å². The largest absolute Gasteiger partial charge is 0.481 e. The SMILES string of the molecule is O=C(O)[C@@H](CCN1C(=O)c2ccccc2C1=O)CC(=NO)c1ccc2c(c1)CC1=C2CCCC1. The van der Waals surface area contributed by atoms with Crippen molar-refractivity contribution in [1.82, 2.24) is 4.90 Å². The van der Waals surface area contributed by atoms with E-state index < -0.39 is 23.7 Å². The molecule has 7 nitrogen and oxygen atoms in total. The molecule has 5 rings (SSSR count). The molecule has 2 N–H and O–H groups in total. The number of carboxylic acids is 1. The van der Waals surface area contributed by atoms with Crippen LogP contribution < -0.4 is 0 Å². The van der Waals surface area contributed by atoms with E-state index in [1.807, 2.05) is 12.1 Å². The third kappa shape index (κ3) is 3.81. The van der Waals surface area contributed by atoms with Crippen LogP contribution in [0.25, 0.3) is 5.57 Å². The molecule has 1 heterocycles. The Bertz CT molecular complexity index is 1220. The second-order valence-electron chi connectivity index (χ2n) is 9.22. The molecule has 0 radical (unpaired) electrons. The fourth-order valence-corrected chi connectivity index (χ4v) is 5.42. The van der Waals surface area contributed by atoms with Crippen molar-refractivity contribution in [3.63, 3.8) is 0 Å². The lowest BCUT2D eigenvalue weighted by Gasteiger charge is -2.18. The van der Waals surface area contributed by atoms with Gasteiger partial charge in [-0.25, -0.2) is 0 Å². The van der Waals surface area contributed by atoms with Gasteiger partial charge in [0.05, 0.1) is 22.8 Å². The molecule has 0 aromatic heterocycles. The molecule has 0 fully saturated rings. The molecule has 0 saturated carbocycles. The number of benzene rings is 2. The number of carbonyl (C=O) groups excluding carboxylic acids is 2. The minimum atomic E-state index is -1.06. The van der Waals surface area contributed by atoms with Gasteiger partial charge in [0, 0.05) is 13.0 Å². The first-order chi connectivity index (χ1) is 16.5. The maximum Gasteiger partial charge on any atom is 0.306 e. The molecule has 0 saturated heterocycles. The van der Waals surface area contributed by atoms with Crippen molar-refractivity contribution in [3.8, 4) is 0 Å². The number of hydrogen-bond donors (Lipinski definition) is 2. The van der Waals surface area contributed by atoms with E-state index in [1.54, 1.807) is 24.3 Å². The first-order valence-corrected chi connectivity index (χ1v) is 11.7. The van der Waals surface area contributed by atoms with Gasteiger partial charge in [-0.05, 0) is 79.0 Å². The van der Waals surface area contributed by atoms with E-state index in [0.717, 1.165) is 24.2 Å². The minimum Gasteiger partial charge on any atom is -0.481 e. The summed E-state index contributed by atoms with van der Waals surface area (Å²) in [5, 5.41) is 23.0. The number of oxime groups is 1. The zero-order valence-corrected chi connectivity index (χ0v) is 18.8. The maximum absolute atomic E-state index is 12.6. The van der Waals surface area contributed by atoms with Crippen molar-refractivity contribution in [3.05, 3.63) is 75.9 Å². The van der Waals surface area contributed by atoms with E-state index in [9.17, 15) is 24.7 Å². The molecule has 1 atom stereocenters. The zero-order chi connectivity index (χ0) is 23.8. The zero-order valence-electron chi connectivity index (χ0n) is 18.8. The van der Waals surface area contributed by atoms with Crippen LogP contribution in [0.15, 0.2) is 53.2 Å². The van der Waals surface area contributed by atoms with Gasteiger partial charge < -0.3 is 10.3 Å². The summed E-state index contributed by atoms with van der Waals surface area (Å²) in [4.78, 5) is 38.3. The fraction of sp³-hybridized carbons (Fsp3) is 0.333. The highest BCUT2D eigenvalue weighted by atomic mass is 16.4. The average Bonchev–Trinajstić information content (AvgIpc) is 3.34. The first kappa shape index (κ1) is 22.1. The molecule has 3 aliphatic rings. The number of rotatable bonds is 7. The molecule has 2 amide bonds. The summed E-state index contributed by atoms with van der Waals surface area (Å²) in [5.74, 6) is -2.78. The Morgan fingerprint density at radius 1 is 1.00 bits per heavy atom.